The Kier molecular flexibility index (Phi) is 10.3. The standard InChI is InChI=1S/C58H58N4O/c1-55(2,3)42-31-32-59-54(35-42)62-51-30-27-44(58(9,10)41-21-15-12-16-22-41)34-50(51)49-29-28-48(37-52(49)62)63-47-26-18-24-45(36-47)60-38-53(56(4,5)6)61(39-60)46-25-17-23-43(33-46)57(7,8)40-19-13-11-14-20-40/h11-38H,1-10H3. The Hall–Kier alpha value is -6.72. The number of hydrogen-bond donors (Lipinski definition) is 0. The second kappa shape index (κ2) is 15.6. The summed E-state index contributed by atoms with van der Waals surface area (Å²) >= 11 is 0. The first kappa shape index (κ1) is 41.6. The Bertz CT molecular complexity index is 3100. The molecule has 0 aliphatic carbocycles. The van der Waals surface area contributed by atoms with E-state index in [1.54, 1.807) is 0 Å². The largest absolute Gasteiger partial charge is 0.458 e. The zero-order chi connectivity index (χ0) is 44.3. The van der Waals surface area contributed by atoms with E-state index in [1.165, 1.54) is 33.2 Å². The molecule has 0 aliphatic rings. The van der Waals surface area contributed by atoms with Gasteiger partial charge in [0.05, 0.1) is 28.1 Å². The molecule has 9 aromatic rings. The minimum Gasteiger partial charge on any atom is -0.458 e. The van der Waals surface area contributed by atoms with Crippen LogP contribution in [0.4, 0.5) is 0 Å². The maximum Gasteiger partial charge on any atom is 0.269 e. The maximum atomic E-state index is 6.77. The second-order valence-corrected chi connectivity index (χ2v) is 20.1. The second-order valence-electron chi connectivity index (χ2n) is 20.1. The molecule has 0 aliphatic heterocycles. The number of nitrogens with zero attached hydrogens (tertiary/aromatic N) is 4. The summed E-state index contributed by atoms with van der Waals surface area (Å²) in [7, 11) is 0. The first-order valence-corrected chi connectivity index (χ1v) is 22.1. The minimum absolute atomic E-state index is 0.0317. The van der Waals surface area contributed by atoms with E-state index in [0.29, 0.717) is 0 Å². The van der Waals surface area contributed by atoms with E-state index in [-0.39, 0.29) is 21.7 Å². The van der Waals surface area contributed by atoms with Crippen molar-refractivity contribution in [3.05, 3.63) is 210 Å². The van der Waals surface area contributed by atoms with E-state index in [1.807, 2.05) is 12.3 Å². The fraction of sp³-hybridized carbons (Fsp3) is 0.241. The van der Waals surface area contributed by atoms with Crippen molar-refractivity contribution in [1.29, 1.82) is 0 Å². The molecule has 0 atom stereocenters. The van der Waals surface area contributed by atoms with Gasteiger partial charge in [0.2, 0.25) is 0 Å². The lowest BCUT2D eigenvalue weighted by atomic mass is 9.78. The normalized spacial score (nSPS) is 12.6. The van der Waals surface area contributed by atoms with Gasteiger partial charge in [-0.2, -0.15) is 0 Å². The monoisotopic (exact) mass is 826 g/mol. The van der Waals surface area contributed by atoms with Gasteiger partial charge in [-0.25, -0.2) is 4.98 Å². The molecule has 3 heterocycles. The third-order valence-corrected chi connectivity index (χ3v) is 12.9. The molecule has 0 radical (unpaired) electrons. The van der Waals surface area contributed by atoms with Gasteiger partial charge < -0.3 is 4.74 Å². The van der Waals surface area contributed by atoms with E-state index in [9.17, 15) is 0 Å². The van der Waals surface area contributed by atoms with Crippen molar-refractivity contribution >= 4 is 21.8 Å². The molecule has 0 bridgehead atoms. The fourth-order valence-electron chi connectivity index (χ4n) is 8.85. The Balaban J connectivity index is 1.10. The lowest BCUT2D eigenvalue weighted by molar-refractivity contribution is -0.611. The van der Waals surface area contributed by atoms with E-state index in [4.69, 9.17) is 9.72 Å². The van der Waals surface area contributed by atoms with Gasteiger partial charge in [0.15, 0.2) is 0 Å². The number of fused-ring (bicyclic) bond motifs is 3. The molecule has 5 heteroatoms. The molecule has 0 spiro atoms. The number of pyridine rings is 1. The molecule has 3 aromatic heterocycles. The Morgan fingerprint density at radius 1 is 0.492 bits per heavy atom. The predicted molar refractivity (Wildman–Crippen MR) is 259 cm³/mol. The van der Waals surface area contributed by atoms with Gasteiger partial charge in [-0.3, -0.25) is 13.7 Å². The van der Waals surface area contributed by atoms with Crippen LogP contribution in [0.5, 0.6) is 11.5 Å². The zero-order valence-electron chi connectivity index (χ0n) is 38.4. The van der Waals surface area contributed by atoms with Gasteiger partial charge in [0.25, 0.3) is 6.33 Å². The summed E-state index contributed by atoms with van der Waals surface area (Å²) < 4.78 is 13.4. The third kappa shape index (κ3) is 7.86. The average molecular weight is 827 g/mol. The molecule has 0 N–H and O–H groups in total. The first-order valence-electron chi connectivity index (χ1n) is 22.1. The average Bonchev–Trinajstić information content (AvgIpc) is 3.88. The number of hydrogen-bond acceptors (Lipinski definition) is 2. The first-order chi connectivity index (χ1) is 30.0. The molecular formula is C58H58N4O. The summed E-state index contributed by atoms with van der Waals surface area (Å²) in [5.74, 6) is 2.38. The molecule has 0 saturated heterocycles. The summed E-state index contributed by atoms with van der Waals surface area (Å²) in [6, 6.07) is 56.3. The van der Waals surface area contributed by atoms with Crippen molar-refractivity contribution in [2.45, 2.75) is 90.9 Å². The minimum atomic E-state index is -0.185. The number of rotatable bonds is 9. The van der Waals surface area contributed by atoms with Gasteiger partial charge in [-0.15, -0.1) is 0 Å². The van der Waals surface area contributed by atoms with Crippen LogP contribution in [-0.2, 0) is 21.7 Å². The van der Waals surface area contributed by atoms with Crippen LogP contribution in [0.25, 0.3) is 39.0 Å². The van der Waals surface area contributed by atoms with Crippen molar-refractivity contribution in [3.63, 3.8) is 0 Å². The van der Waals surface area contributed by atoms with Crippen molar-refractivity contribution in [2.24, 2.45) is 0 Å². The van der Waals surface area contributed by atoms with Crippen molar-refractivity contribution in [1.82, 2.24) is 14.1 Å². The zero-order valence-corrected chi connectivity index (χ0v) is 38.4. The lowest BCUT2D eigenvalue weighted by Gasteiger charge is -2.27. The molecule has 0 amide bonds. The van der Waals surface area contributed by atoms with Gasteiger partial charge in [-0.1, -0.05) is 154 Å². The molecular weight excluding hydrogens is 769 g/mol. The third-order valence-electron chi connectivity index (χ3n) is 12.9. The van der Waals surface area contributed by atoms with Crippen LogP contribution in [0.1, 0.15) is 103 Å². The van der Waals surface area contributed by atoms with Crippen LogP contribution in [0.2, 0.25) is 0 Å². The predicted octanol–water partition coefficient (Wildman–Crippen LogP) is 14.1. The number of imidazole rings is 1. The molecule has 316 valence electrons. The fourth-order valence-corrected chi connectivity index (χ4v) is 8.85. The smallest absolute Gasteiger partial charge is 0.269 e. The molecule has 6 aromatic carbocycles. The quantitative estimate of drug-likeness (QED) is 0.107. The van der Waals surface area contributed by atoms with Gasteiger partial charge >= 0.3 is 0 Å². The van der Waals surface area contributed by atoms with Crippen LogP contribution in [-0.4, -0.2) is 14.1 Å². The number of aromatic nitrogens is 4. The molecule has 0 unspecified atom stereocenters. The van der Waals surface area contributed by atoms with Gasteiger partial charge in [-0.05, 0) is 105 Å². The number of benzene rings is 6. The highest BCUT2D eigenvalue weighted by Gasteiger charge is 2.27. The summed E-state index contributed by atoms with van der Waals surface area (Å²) in [6.07, 6.45) is 7.83. The van der Waals surface area contributed by atoms with Gasteiger partial charge in [0.1, 0.15) is 17.3 Å². The van der Waals surface area contributed by atoms with E-state index in [0.717, 1.165) is 50.8 Å². The van der Waals surface area contributed by atoms with Crippen LogP contribution in [0.3, 0.4) is 0 Å². The molecule has 5 nitrogen and oxygen atoms in total. The maximum absolute atomic E-state index is 6.77. The Morgan fingerprint density at radius 3 is 1.79 bits per heavy atom. The molecule has 0 fully saturated rings. The molecule has 63 heavy (non-hydrogen) atoms. The number of ether oxygens (including phenoxy) is 1. The highest BCUT2D eigenvalue weighted by atomic mass is 16.5. The van der Waals surface area contributed by atoms with E-state index >= 15 is 0 Å². The van der Waals surface area contributed by atoms with Crippen LogP contribution in [0.15, 0.2) is 170 Å². The van der Waals surface area contributed by atoms with Gasteiger partial charge in [0, 0.05) is 40.1 Å². The van der Waals surface area contributed by atoms with E-state index in [2.05, 4.69) is 247 Å². The van der Waals surface area contributed by atoms with Crippen LogP contribution in [0, 0.1) is 6.33 Å². The topological polar surface area (TPSA) is 35.9 Å². The van der Waals surface area contributed by atoms with E-state index < -0.39 is 0 Å². The highest BCUT2D eigenvalue weighted by molar-refractivity contribution is 6.09. The SMILES string of the molecule is CC(C)(C)c1ccnc(-n2c3ccc(C(C)(C)c4ccccc4)cc3c3ccc(Oc4cccc(-n5[c-][n+](-c6cccc(C(C)(C)c7ccccc7)c6)c(C(C)(C)C)c5)c4)cc32)c1. The van der Waals surface area contributed by atoms with Crippen LogP contribution < -0.4 is 9.30 Å². The van der Waals surface area contributed by atoms with Crippen LogP contribution >= 0.6 is 0 Å². The highest BCUT2D eigenvalue weighted by Crippen LogP contribution is 2.40. The summed E-state index contributed by atoms with van der Waals surface area (Å²) in [5.41, 5.74) is 11.1. The molecule has 0 saturated carbocycles. The molecule has 9 rings (SSSR count). The van der Waals surface area contributed by atoms with Crippen molar-refractivity contribution in [2.75, 3.05) is 0 Å². The Labute approximate surface area is 373 Å². The Morgan fingerprint density at radius 2 is 1.13 bits per heavy atom. The lowest BCUT2D eigenvalue weighted by Crippen LogP contribution is -2.39. The van der Waals surface area contributed by atoms with Crippen molar-refractivity contribution < 1.29 is 9.30 Å². The summed E-state index contributed by atoms with van der Waals surface area (Å²) in [4.78, 5) is 4.97. The summed E-state index contributed by atoms with van der Waals surface area (Å²) in [5, 5.41) is 2.33. The summed E-state index contributed by atoms with van der Waals surface area (Å²) in [6.45, 7) is 22.7. The van der Waals surface area contributed by atoms with Crippen molar-refractivity contribution in [3.8, 4) is 28.7 Å².